The quantitative estimate of drug-likeness (QED) is 0.757. The molecule has 0 unspecified atom stereocenters. The van der Waals surface area contributed by atoms with Crippen LogP contribution < -0.4 is 4.31 Å². The monoisotopic (exact) mass is 343 g/mol. The summed E-state index contributed by atoms with van der Waals surface area (Å²) in [5, 5.41) is 1.61. The Bertz CT molecular complexity index is 744. The summed E-state index contributed by atoms with van der Waals surface area (Å²) in [5.41, 5.74) is 0.0708. The van der Waals surface area contributed by atoms with Crippen molar-refractivity contribution in [3.05, 3.63) is 47.6 Å². The maximum absolute atomic E-state index is 13.4. The second kappa shape index (κ2) is 6.89. The summed E-state index contributed by atoms with van der Waals surface area (Å²) in [6, 6.07) is 8.08. The van der Waals surface area contributed by atoms with Gasteiger partial charge in [0.2, 0.25) is 0 Å². The molecule has 0 saturated carbocycles. The van der Waals surface area contributed by atoms with Crippen molar-refractivity contribution in [3.63, 3.8) is 0 Å². The minimum absolute atomic E-state index is 0.0704. The van der Waals surface area contributed by atoms with Gasteiger partial charge in [-0.15, -0.1) is 11.3 Å². The molecule has 2 rings (SSSR count). The molecule has 118 valence electrons. The van der Waals surface area contributed by atoms with Gasteiger partial charge < -0.3 is 4.74 Å². The van der Waals surface area contributed by atoms with Crippen molar-refractivity contribution in [2.75, 3.05) is 17.5 Å². The number of thiophene rings is 1. The van der Waals surface area contributed by atoms with Crippen LogP contribution in [-0.2, 0) is 19.6 Å². The van der Waals surface area contributed by atoms with Gasteiger partial charge in [-0.2, -0.15) is 0 Å². The Labute approximate surface area is 132 Å². The summed E-state index contributed by atoms with van der Waals surface area (Å²) >= 11 is 1.02. The summed E-state index contributed by atoms with van der Waals surface area (Å²) in [4.78, 5) is 11.7. The van der Waals surface area contributed by atoms with Crippen molar-refractivity contribution in [2.24, 2.45) is 0 Å². The van der Waals surface area contributed by atoms with Crippen molar-refractivity contribution < 1.29 is 22.3 Å². The standard InChI is InChI=1S/C14H14FNO4S2/c1-2-20-13(17)10-16(12-6-3-5-11(15)9-12)22(18,19)14-7-4-8-21-14/h3-9H,2,10H2,1H3. The van der Waals surface area contributed by atoms with E-state index in [4.69, 9.17) is 4.74 Å². The molecule has 0 aliphatic rings. The first-order valence-corrected chi connectivity index (χ1v) is 8.74. The van der Waals surface area contributed by atoms with Crippen molar-refractivity contribution in [1.82, 2.24) is 0 Å². The van der Waals surface area contributed by atoms with Crippen molar-refractivity contribution in [3.8, 4) is 0 Å². The lowest BCUT2D eigenvalue weighted by molar-refractivity contribution is -0.141. The van der Waals surface area contributed by atoms with E-state index in [0.29, 0.717) is 0 Å². The van der Waals surface area contributed by atoms with Crippen molar-refractivity contribution >= 4 is 33.0 Å². The van der Waals surface area contributed by atoms with Crippen LogP contribution in [0.15, 0.2) is 46.0 Å². The molecule has 5 nitrogen and oxygen atoms in total. The van der Waals surface area contributed by atoms with Gasteiger partial charge in [-0.25, -0.2) is 12.8 Å². The minimum Gasteiger partial charge on any atom is -0.465 e. The minimum atomic E-state index is -3.96. The predicted molar refractivity (Wildman–Crippen MR) is 81.9 cm³/mol. The number of carbonyl (C=O) groups excluding carboxylic acids is 1. The van der Waals surface area contributed by atoms with E-state index < -0.39 is 28.4 Å². The Kier molecular flexibility index (Phi) is 5.15. The third-order valence-electron chi connectivity index (χ3n) is 2.71. The Morgan fingerprint density at radius 3 is 2.68 bits per heavy atom. The Morgan fingerprint density at radius 1 is 1.32 bits per heavy atom. The molecule has 0 aliphatic heterocycles. The molecule has 8 heteroatoms. The average molecular weight is 343 g/mol. The zero-order valence-electron chi connectivity index (χ0n) is 11.7. The molecule has 0 atom stereocenters. The highest BCUT2D eigenvalue weighted by atomic mass is 32.2. The van der Waals surface area contributed by atoms with E-state index in [-0.39, 0.29) is 16.5 Å². The molecule has 0 saturated heterocycles. The van der Waals surface area contributed by atoms with E-state index in [1.807, 2.05) is 0 Å². The fourth-order valence-corrected chi connectivity index (χ4v) is 4.29. The van der Waals surface area contributed by atoms with Crippen LogP contribution in [0.1, 0.15) is 6.92 Å². The number of hydrogen-bond acceptors (Lipinski definition) is 5. The molecule has 0 N–H and O–H groups in total. The zero-order valence-corrected chi connectivity index (χ0v) is 13.4. The van der Waals surface area contributed by atoms with Crippen LogP contribution in [0.2, 0.25) is 0 Å². The normalized spacial score (nSPS) is 11.2. The summed E-state index contributed by atoms with van der Waals surface area (Å²) in [5.74, 6) is -1.29. The molecule has 0 amide bonds. The van der Waals surface area contributed by atoms with Gasteiger partial charge in [-0.1, -0.05) is 12.1 Å². The number of nitrogens with zero attached hydrogens (tertiary/aromatic N) is 1. The maximum atomic E-state index is 13.4. The first-order chi connectivity index (χ1) is 10.4. The van der Waals surface area contributed by atoms with Crippen molar-refractivity contribution in [1.29, 1.82) is 0 Å². The summed E-state index contributed by atoms with van der Waals surface area (Å²) in [7, 11) is -3.96. The Morgan fingerprint density at radius 2 is 2.09 bits per heavy atom. The fourth-order valence-electron chi connectivity index (χ4n) is 1.79. The molecule has 22 heavy (non-hydrogen) atoms. The number of ether oxygens (including phenoxy) is 1. The average Bonchev–Trinajstić information content (AvgIpc) is 3.00. The first-order valence-electron chi connectivity index (χ1n) is 6.42. The predicted octanol–water partition coefficient (Wildman–Crippen LogP) is 2.65. The van der Waals surface area contributed by atoms with Gasteiger partial charge >= 0.3 is 5.97 Å². The largest absolute Gasteiger partial charge is 0.465 e. The molecule has 0 aliphatic carbocycles. The highest BCUT2D eigenvalue weighted by Gasteiger charge is 2.28. The van der Waals surface area contributed by atoms with Crippen LogP contribution >= 0.6 is 11.3 Å². The lowest BCUT2D eigenvalue weighted by Crippen LogP contribution is -2.36. The molecule has 0 spiro atoms. The van der Waals surface area contributed by atoms with Crippen LogP contribution in [0, 0.1) is 5.82 Å². The van der Waals surface area contributed by atoms with Gasteiger partial charge in [0.25, 0.3) is 10.0 Å². The van der Waals surface area contributed by atoms with E-state index in [0.717, 1.165) is 21.7 Å². The van der Waals surface area contributed by atoms with Crippen LogP contribution in [-0.4, -0.2) is 27.5 Å². The van der Waals surface area contributed by atoms with E-state index in [2.05, 4.69) is 0 Å². The molecule has 1 aromatic carbocycles. The molecule has 0 fully saturated rings. The molecule has 1 heterocycles. The smallest absolute Gasteiger partial charge is 0.326 e. The summed E-state index contributed by atoms with van der Waals surface area (Å²) < 4.78 is 44.4. The van der Waals surface area contributed by atoms with Crippen LogP contribution in [0.25, 0.3) is 0 Å². The topological polar surface area (TPSA) is 63.7 Å². The third kappa shape index (κ3) is 3.63. The second-order valence-corrected chi connectivity index (χ2v) is 7.27. The molecule has 1 aromatic heterocycles. The van der Waals surface area contributed by atoms with Gasteiger partial charge in [0, 0.05) is 0 Å². The number of esters is 1. The third-order valence-corrected chi connectivity index (χ3v) is 5.86. The van der Waals surface area contributed by atoms with Crippen LogP contribution in [0.3, 0.4) is 0 Å². The molecule has 2 aromatic rings. The van der Waals surface area contributed by atoms with Gasteiger partial charge in [0.05, 0.1) is 12.3 Å². The van der Waals surface area contributed by atoms with E-state index in [9.17, 15) is 17.6 Å². The van der Waals surface area contributed by atoms with Gasteiger partial charge in [0.1, 0.15) is 16.6 Å². The number of carbonyl (C=O) groups is 1. The second-order valence-electron chi connectivity index (χ2n) is 4.23. The molecule has 0 bridgehead atoms. The van der Waals surface area contributed by atoms with Crippen LogP contribution in [0.5, 0.6) is 0 Å². The van der Waals surface area contributed by atoms with Crippen molar-refractivity contribution in [2.45, 2.75) is 11.1 Å². The highest BCUT2D eigenvalue weighted by Crippen LogP contribution is 2.26. The van der Waals surface area contributed by atoms with Gasteiger partial charge in [-0.3, -0.25) is 9.10 Å². The number of hydrogen-bond donors (Lipinski definition) is 0. The zero-order chi connectivity index (χ0) is 16.2. The SMILES string of the molecule is CCOC(=O)CN(c1cccc(F)c1)S(=O)(=O)c1cccs1. The lowest BCUT2D eigenvalue weighted by atomic mass is 10.3. The number of halogens is 1. The number of benzene rings is 1. The lowest BCUT2D eigenvalue weighted by Gasteiger charge is -2.22. The van der Waals surface area contributed by atoms with Gasteiger partial charge in [0.15, 0.2) is 0 Å². The number of sulfonamides is 1. The number of rotatable bonds is 6. The molecule has 0 radical (unpaired) electrons. The Hall–Kier alpha value is -1.93. The van der Waals surface area contributed by atoms with E-state index in [1.54, 1.807) is 18.4 Å². The van der Waals surface area contributed by atoms with E-state index >= 15 is 0 Å². The highest BCUT2D eigenvalue weighted by molar-refractivity contribution is 7.94. The Balaban J connectivity index is 2.44. The van der Waals surface area contributed by atoms with Gasteiger partial charge in [-0.05, 0) is 36.6 Å². The first kappa shape index (κ1) is 16.4. The summed E-state index contributed by atoms with van der Waals surface area (Å²) in [6.07, 6.45) is 0. The molecular weight excluding hydrogens is 329 g/mol. The van der Waals surface area contributed by atoms with Crippen LogP contribution in [0.4, 0.5) is 10.1 Å². The summed E-state index contributed by atoms with van der Waals surface area (Å²) in [6.45, 7) is 1.24. The fraction of sp³-hybridized carbons (Fsp3) is 0.214. The molecular formula is C14H14FNO4S2. The maximum Gasteiger partial charge on any atom is 0.326 e. The number of anilines is 1. The van der Waals surface area contributed by atoms with E-state index in [1.165, 1.54) is 24.3 Å².